The van der Waals surface area contributed by atoms with Gasteiger partial charge in [-0.3, -0.25) is 4.98 Å². The van der Waals surface area contributed by atoms with Crippen molar-refractivity contribution >= 4 is 5.69 Å². The van der Waals surface area contributed by atoms with Crippen LogP contribution in [-0.4, -0.2) is 17.6 Å². The van der Waals surface area contributed by atoms with E-state index >= 15 is 0 Å². The van der Waals surface area contributed by atoms with Crippen molar-refractivity contribution in [2.75, 3.05) is 11.4 Å². The molecule has 19 heavy (non-hydrogen) atoms. The van der Waals surface area contributed by atoms with E-state index in [0.717, 1.165) is 30.5 Å². The van der Waals surface area contributed by atoms with Crippen LogP contribution in [0.15, 0.2) is 18.3 Å². The van der Waals surface area contributed by atoms with E-state index in [-0.39, 0.29) is 6.04 Å². The van der Waals surface area contributed by atoms with Gasteiger partial charge < -0.3 is 10.6 Å². The van der Waals surface area contributed by atoms with Crippen molar-refractivity contribution in [3.8, 4) is 0 Å². The molecule has 2 N–H and O–H groups in total. The van der Waals surface area contributed by atoms with Crippen molar-refractivity contribution in [3.05, 3.63) is 24.0 Å². The average molecular weight is 261 g/mol. The van der Waals surface area contributed by atoms with Gasteiger partial charge in [-0.25, -0.2) is 0 Å². The van der Waals surface area contributed by atoms with Gasteiger partial charge >= 0.3 is 0 Å². The molecule has 0 amide bonds. The topological polar surface area (TPSA) is 42.1 Å². The molecule has 0 aromatic carbocycles. The first kappa shape index (κ1) is 14.3. The Morgan fingerprint density at radius 2 is 2.11 bits per heavy atom. The molecule has 1 aliphatic rings. The summed E-state index contributed by atoms with van der Waals surface area (Å²) in [4.78, 5) is 7.04. The predicted molar refractivity (Wildman–Crippen MR) is 81.2 cm³/mol. The number of rotatable bonds is 3. The van der Waals surface area contributed by atoms with Crippen molar-refractivity contribution in [3.63, 3.8) is 0 Å². The molecule has 3 nitrogen and oxygen atoms in total. The SMILES string of the molecule is CC[C@H](N)c1ccc(N2CC(C)CC(C)C2C)cn1. The fourth-order valence-corrected chi connectivity index (χ4v) is 3.05. The summed E-state index contributed by atoms with van der Waals surface area (Å²) in [6.07, 6.45) is 4.25. The fourth-order valence-electron chi connectivity index (χ4n) is 3.05. The van der Waals surface area contributed by atoms with Crippen molar-refractivity contribution in [2.45, 2.75) is 52.6 Å². The molecular weight excluding hydrogens is 234 g/mol. The van der Waals surface area contributed by atoms with Gasteiger partial charge in [-0.2, -0.15) is 0 Å². The minimum atomic E-state index is 0.0608. The molecule has 106 valence electrons. The minimum absolute atomic E-state index is 0.0608. The molecule has 1 fully saturated rings. The van der Waals surface area contributed by atoms with Gasteiger partial charge in [-0.1, -0.05) is 20.8 Å². The average Bonchev–Trinajstić information content (AvgIpc) is 2.42. The highest BCUT2D eigenvalue weighted by Gasteiger charge is 2.28. The Kier molecular flexibility index (Phi) is 4.46. The Labute approximate surface area is 117 Å². The van der Waals surface area contributed by atoms with Gasteiger partial charge in [-0.15, -0.1) is 0 Å². The van der Waals surface area contributed by atoms with Gasteiger partial charge in [0.1, 0.15) is 0 Å². The van der Waals surface area contributed by atoms with E-state index in [9.17, 15) is 0 Å². The number of nitrogens with two attached hydrogens (primary N) is 1. The molecular formula is C16H27N3. The minimum Gasteiger partial charge on any atom is -0.367 e. The van der Waals surface area contributed by atoms with Crippen LogP contribution >= 0.6 is 0 Å². The third-order valence-electron chi connectivity index (χ3n) is 4.52. The molecule has 0 bridgehead atoms. The van der Waals surface area contributed by atoms with E-state index < -0.39 is 0 Å². The summed E-state index contributed by atoms with van der Waals surface area (Å²) in [5.74, 6) is 1.49. The molecule has 1 aliphatic heterocycles. The second kappa shape index (κ2) is 5.91. The predicted octanol–water partition coefficient (Wildman–Crippen LogP) is 3.36. The van der Waals surface area contributed by atoms with Gasteiger partial charge in [0.2, 0.25) is 0 Å². The Morgan fingerprint density at radius 3 is 2.68 bits per heavy atom. The highest BCUT2D eigenvalue weighted by molar-refractivity contribution is 5.46. The maximum absolute atomic E-state index is 6.02. The molecule has 2 rings (SSSR count). The van der Waals surface area contributed by atoms with Crippen molar-refractivity contribution < 1.29 is 0 Å². The number of nitrogens with zero attached hydrogens (tertiary/aromatic N) is 2. The van der Waals surface area contributed by atoms with Crippen LogP contribution in [0.25, 0.3) is 0 Å². The third kappa shape index (κ3) is 3.08. The van der Waals surface area contributed by atoms with Crippen LogP contribution in [0, 0.1) is 11.8 Å². The van der Waals surface area contributed by atoms with Crippen molar-refractivity contribution in [1.82, 2.24) is 4.98 Å². The first-order valence-electron chi connectivity index (χ1n) is 7.51. The molecule has 0 aliphatic carbocycles. The summed E-state index contributed by atoms with van der Waals surface area (Å²) in [6, 6.07) is 4.91. The molecule has 1 aromatic rings. The summed E-state index contributed by atoms with van der Waals surface area (Å²) >= 11 is 0. The molecule has 4 atom stereocenters. The normalized spacial score (nSPS) is 29.3. The van der Waals surface area contributed by atoms with Gasteiger partial charge in [0.15, 0.2) is 0 Å². The van der Waals surface area contributed by atoms with Crippen LogP contribution in [-0.2, 0) is 0 Å². The van der Waals surface area contributed by atoms with Gasteiger partial charge in [0.25, 0.3) is 0 Å². The van der Waals surface area contributed by atoms with Crippen LogP contribution < -0.4 is 10.6 Å². The monoisotopic (exact) mass is 261 g/mol. The van der Waals surface area contributed by atoms with Crippen LogP contribution in [0.2, 0.25) is 0 Å². The molecule has 3 heteroatoms. The van der Waals surface area contributed by atoms with Crippen LogP contribution in [0.1, 0.15) is 52.3 Å². The summed E-state index contributed by atoms with van der Waals surface area (Å²) < 4.78 is 0. The highest BCUT2D eigenvalue weighted by atomic mass is 15.2. The van der Waals surface area contributed by atoms with E-state index in [1.807, 2.05) is 6.20 Å². The zero-order valence-electron chi connectivity index (χ0n) is 12.6. The van der Waals surface area contributed by atoms with Crippen molar-refractivity contribution in [1.29, 1.82) is 0 Å². The number of hydrogen-bond donors (Lipinski definition) is 1. The standard InChI is InChI=1S/C16H27N3/c1-5-15(17)16-7-6-14(9-18-16)19-10-11(2)8-12(3)13(19)4/h6-7,9,11-13,15H,5,8,10,17H2,1-4H3/t11?,12?,13?,15-/m0/s1. The smallest absolute Gasteiger partial charge is 0.0572 e. The lowest BCUT2D eigenvalue weighted by molar-refractivity contribution is 0.297. The number of anilines is 1. The second-order valence-electron chi connectivity index (χ2n) is 6.17. The number of pyridine rings is 1. The lowest BCUT2D eigenvalue weighted by atomic mass is 9.86. The van der Waals surface area contributed by atoms with E-state index in [4.69, 9.17) is 5.73 Å². The van der Waals surface area contributed by atoms with Crippen molar-refractivity contribution in [2.24, 2.45) is 17.6 Å². The zero-order chi connectivity index (χ0) is 14.0. The fraction of sp³-hybridized carbons (Fsp3) is 0.688. The first-order chi connectivity index (χ1) is 9.02. The Morgan fingerprint density at radius 1 is 1.37 bits per heavy atom. The second-order valence-corrected chi connectivity index (χ2v) is 6.17. The van der Waals surface area contributed by atoms with Gasteiger partial charge in [-0.05, 0) is 43.7 Å². The highest BCUT2D eigenvalue weighted by Crippen LogP contribution is 2.31. The first-order valence-corrected chi connectivity index (χ1v) is 7.51. The Hall–Kier alpha value is -1.09. The summed E-state index contributed by atoms with van der Waals surface area (Å²) in [7, 11) is 0. The van der Waals surface area contributed by atoms with E-state index in [1.54, 1.807) is 0 Å². The third-order valence-corrected chi connectivity index (χ3v) is 4.52. The molecule has 0 saturated carbocycles. The molecule has 1 aromatic heterocycles. The summed E-state index contributed by atoms with van der Waals surface area (Å²) in [6.45, 7) is 10.2. The maximum atomic E-state index is 6.02. The number of hydrogen-bond acceptors (Lipinski definition) is 3. The lowest BCUT2D eigenvalue weighted by Gasteiger charge is -2.42. The summed E-state index contributed by atoms with van der Waals surface area (Å²) in [5.41, 5.74) is 8.25. The number of piperidine rings is 1. The van der Waals surface area contributed by atoms with Crippen LogP contribution in [0.3, 0.4) is 0 Å². The van der Waals surface area contributed by atoms with Gasteiger partial charge in [0.05, 0.1) is 17.6 Å². The Balaban J connectivity index is 2.16. The van der Waals surface area contributed by atoms with Crippen LogP contribution in [0.5, 0.6) is 0 Å². The largest absolute Gasteiger partial charge is 0.367 e. The van der Waals surface area contributed by atoms with E-state index in [2.05, 4.69) is 49.7 Å². The molecule has 2 heterocycles. The zero-order valence-corrected chi connectivity index (χ0v) is 12.6. The maximum Gasteiger partial charge on any atom is 0.0572 e. The quantitative estimate of drug-likeness (QED) is 0.907. The van der Waals surface area contributed by atoms with E-state index in [1.165, 1.54) is 12.1 Å². The molecule has 0 radical (unpaired) electrons. The molecule has 3 unspecified atom stereocenters. The lowest BCUT2D eigenvalue weighted by Crippen LogP contribution is -2.45. The van der Waals surface area contributed by atoms with Gasteiger partial charge in [0, 0.05) is 18.6 Å². The molecule has 0 spiro atoms. The van der Waals surface area contributed by atoms with E-state index in [0.29, 0.717) is 6.04 Å². The summed E-state index contributed by atoms with van der Waals surface area (Å²) in [5, 5.41) is 0. The Bertz CT molecular complexity index is 401. The van der Waals surface area contributed by atoms with Crippen LogP contribution in [0.4, 0.5) is 5.69 Å². The number of aromatic nitrogens is 1. The molecule has 1 saturated heterocycles.